The molecule has 1 saturated carbocycles. The lowest BCUT2D eigenvalue weighted by Crippen LogP contribution is -2.53. The molecule has 2 aliphatic rings. The Kier molecular flexibility index (Phi) is 3.33. The highest BCUT2D eigenvalue weighted by Gasteiger charge is 2.62. The third-order valence-electron chi connectivity index (χ3n) is 4.04. The van der Waals surface area contributed by atoms with Crippen molar-refractivity contribution in [2.75, 3.05) is 13.7 Å². The summed E-state index contributed by atoms with van der Waals surface area (Å²) in [6, 6.07) is 0. The molecule has 17 heavy (non-hydrogen) atoms. The number of carbonyl (C=O) groups excluding carboxylic acids is 1. The zero-order chi connectivity index (χ0) is 12.5. The van der Waals surface area contributed by atoms with Crippen molar-refractivity contribution in [1.29, 1.82) is 0 Å². The third kappa shape index (κ3) is 1.90. The Labute approximate surface area is 99.4 Å². The molecule has 1 aliphatic carbocycles. The van der Waals surface area contributed by atoms with Crippen molar-refractivity contribution in [3.05, 3.63) is 10.1 Å². The van der Waals surface area contributed by atoms with Crippen LogP contribution in [0.15, 0.2) is 0 Å². The van der Waals surface area contributed by atoms with Gasteiger partial charge >= 0.3 is 5.97 Å². The van der Waals surface area contributed by atoms with Gasteiger partial charge in [0.15, 0.2) is 0 Å². The lowest BCUT2D eigenvalue weighted by atomic mass is 9.72. The minimum absolute atomic E-state index is 0.0774. The van der Waals surface area contributed by atoms with Gasteiger partial charge in [-0.05, 0) is 12.8 Å². The first kappa shape index (κ1) is 12.3. The molecule has 2 fully saturated rings. The second kappa shape index (κ2) is 4.60. The molecular weight excluding hydrogens is 226 g/mol. The van der Waals surface area contributed by atoms with Crippen LogP contribution in [0.5, 0.6) is 0 Å². The molecule has 3 atom stereocenters. The van der Waals surface area contributed by atoms with E-state index in [1.165, 1.54) is 7.11 Å². The maximum atomic E-state index is 11.4. The molecule has 2 rings (SSSR count). The normalized spacial score (nSPS) is 36.3. The molecule has 0 bridgehead atoms. The highest BCUT2D eigenvalue weighted by Crippen LogP contribution is 2.45. The summed E-state index contributed by atoms with van der Waals surface area (Å²) >= 11 is 0. The van der Waals surface area contributed by atoms with Crippen LogP contribution >= 0.6 is 0 Å². The number of hydrogen-bond donors (Lipinski definition) is 0. The first-order valence-corrected chi connectivity index (χ1v) is 5.94. The van der Waals surface area contributed by atoms with Crippen LogP contribution < -0.4 is 0 Å². The molecular formula is C11H17NO5. The van der Waals surface area contributed by atoms with Gasteiger partial charge in [0.25, 0.3) is 5.54 Å². The first-order valence-electron chi connectivity index (χ1n) is 5.94. The van der Waals surface area contributed by atoms with Crippen molar-refractivity contribution >= 4 is 5.97 Å². The van der Waals surface area contributed by atoms with Crippen LogP contribution in [-0.2, 0) is 14.3 Å². The van der Waals surface area contributed by atoms with Gasteiger partial charge in [-0.2, -0.15) is 0 Å². The number of esters is 1. The van der Waals surface area contributed by atoms with Crippen LogP contribution in [0.2, 0.25) is 0 Å². The predicted octanol–water partition coefficient (Wildman–Crippen LogP) is 1.15. The van der Waals surface area contributed by atoms with Crippen molar-refractivity contribution in [3.63, 3.8) is 0 Å². The smallest absolute Gasteiger partial charge is 0.306 e. The largest absolute Gasteiger partial charge is 0.469 e. The van der Waals surface area contributed by atoms with E-state index in [4.69, 9.17) is 4.74 Å². The van der Waals surface area contributed by atoms with Crippen LogP contribution in [0.1, 0.15) is 32.1 Å². The molecule has 6 heteroatoms. The predicted molar refractivity (Wildman–Crippen MR) is 58.1 cm³/mol. The van der Waals surface area contributed by atoms with Crippen LogP contribution in [0, 0.1) is 16.0 Å². The minimum Gasteiger partial charge on any atom is -0.469 e. The maximum Gasteiger partial charge on any atom is 0.306 e. The average molecular weight is 243 g/mol. The Morgan fingerprint density at radius 2 is 2.35 bits per heavy atom. The summed E-state index contributed by atoms with van der Waals surface area (Å²) in [5, 5.41) is 11.4. The number of nitro groups is 1. The Balaban J connectivity index is 2.21. The summed E-state index contributed by atoms with van der Waals surface area (Å²) in [5.41, 5.74) is -1.06. The molecule has 0 aromatic heterocycles. The molecule has 0 aromatic rings. The van der Waals surface area contributed by atoms with Crippen LogP contribution in [-0.4, -0.2) is 36.3 Å². The molecule has 1 aliphatic heterocycles. The highest BCUT2D eigenvalue weighted by atomic mass is 16.6. The summed E-state index contributed by atoms with van der Waals surface area (Å²) in [7, 11) is 1.30. The van der Waals surface area contributed by atoms with Gasteiger partial charge in [-0.1, -0.05) is 6.42 Å². The Morgan fingerprint density at radius 3 is 3.00 bits per heavy atom. The first-order chi connectivity index (χ1) is 8.11. The van der Waals surface area contributed by atoms with E-state index < -0.39 is 11.5 Å². The molecule has 0 aromatic carbocycles. The minimum atomic E-state index is -1.06. The molecule has 1 saturated heterocycles. The van der Waals surface area contributed by atoms with Gasteiger partial charge in [0.1, 0.15) is 6.10 Å². The van der Waals surface area contributed by atoms with Crippen LogP contribution in [0.3, 0.4) is 0 Å². The van der Waals surface area contributed by atoms with Crippen molar-refractivity contribution in [2.24, 2.45) is 5.92 Å². The summed E-state index contributed by atoms with van der Waals surface area (Å²) in [5.74, 6) is -0.749. The lowest BCUT2D eigenvalue weighted by Gasteiger charge is -2.33. The van der Waals surface area contributed by atoms with E-state index in [0.29, 0.717) is 13.0 Å². The summed E-state index contributed by atoms with van der Waals surface area (Å²) < 4.78 is 10.1. The fraction of sp³-hybridized carbons (Fsp3) is 0.909. The SMILES string of the molecule is COC(=O)C[C@H]1CO[C@@H]2CCCC[C@]12[N+](=O)[O-]. The van der Waals surface area contributed by atoms with E-state index in [0.717, 1.165) is 19.3 Å². The number of ether oxygens (including phenoxy) is 2. The van der Waals surface area contributed by atoms with Crippen LogP contribution in [0.25, 0.3) is 0 Å². The number of methoxy groups -OCH3 is 1. The van der Waals surface area contributed by atoms with Crippen molar-refractivity contribution in [3.8, 4) is 0 Å². The molecule has 0 spiro atoms. The number of carbonyl (C=O) groups is 1. The van der Waals surface area contributed by atoms with Crippen LogP contribution in [0.4, 0.5) is 0 Å². The van der Waals surface area contributed by atoms with E-state index in [1.54, 1.807) is 0 Å². The zero-order valence-corrected chi connectivity index (χ0v) is 9.89. The molecule has 0 N–H and O–H groups in total. The van der Waals surface area contributed by atoms with Crippen molar-refractivity contribution in [1.82, 2.24) is 0 Å². The fourth-order valence-electron chi connectivity index (χ4n) is 3.10. The fourth-order valence-corrected chi connectivity index (χ4v) is 3.10. The van der Waals surface area contributed by atoms with Gasteiger partial charge in [-0.15, -0.1) is 0 Å². The van der Waals surface area contributed by atoms with E-state index in [9.17, 15) is 14.9 Å². The molecule has 1 heterocycles. The molecule has 0 amide bonds. The zero-order valence-electron chi connectivity index (χ0n) is 9.89. The second-order valence-corrected chi connectivity index (χ2v) is 4.79. The van der Waals surface area contributed by atoms with E-state index in [-0.39, 0.29) is 23.4 Å². The molecule has 0 radical (unpaired) electrons. The van der Waals surface area contributed by atoms with Gasteiger partial charge in [-0.25, -0.2) is 0 Å². The highest BCUT2D eigenvalue weighted by molar-refractivity contribution is 5.69. The van der Waals surface area contributed by atoms with Gasteiger partial charge in [-0.3, -0.25) is 14.9 Å². The molecule has 0 unspecified atom stereocenters. The summed E-state index contributed by atoms with van der Waals surface area (Å²) in [4.78, 5) is 22.5. The van der Waals surface area contributed by atoms with Crippen molar-refractivity contribution < 1.29 is 19.2 Å². The van der Waals surface area contributed by atoms with Gasteiger partial charge in [0.05, 0.1) is 26.1 Å². The quantitative estimate of drug-likeness (QED) is 0.422. The average Bonchev–Trinajstić information content (AvgIpc) is 2.69. The second-order valence-electron chi connectivity index (χ2n) is 4.79. The topological polar surface area (TPSA) is 78.7 Å². The van der Waals surface area contributed by atoms with E-state index >= 15 is 0 Å². The Bertz CT molecular complexity index is 332. The Morgan fingerprint density at radius 1 is 1.59 bits per heavy atom. The van der Waals surface area contributed by atoms with Crippen molar-refractivity contribution in [2.45, 2.75) is 43.7 Å². The summed E-state index contributed by atoms with van der Waals surface area (Å²) in [6.07, 6.45) is 2.77. The van der Waals surface area contributed by atoms with E-state index in [1.807, 2.05) is 0 Å². The molecule has 96 valence electrons. The number of fused-ring (bicyclic) bond motifs is 1. The number of nitrogens with zero attached hydrogens (tertiary/aromatic N) is 1. The lowest BCUT2D eigenvalue weighted by molar-refractivity contribution is -0.587. The van der Waals surface area contributed by atoms with Gasteiger partial charge in [0, 0.05) is 11.3 Å². The number of hydrogen-bond acceptors (Lipinski definition) is 5. The standard InChI is InChI=1S/C11H17NO5/c1-16-10(13)6-8-7-17-9-4-2-3-5-11(8,9)12(14)15/h8-9H,2-7H2,1H3/t8-,9+,11-/m0/s1. The monoisotopic (exact) mass is 243 g/mol. The molecule has 6 nitrogen and oxygen atoms in total. The Hall–Kier alpha value is -1.17. The summed E-state index contributed by atoms with van der Waals surface area (Å²) in [6.45, 7) is 0.292. The van der Waals surface area contributed by atoms with Gasteiger partial charge in [0.2, 0.25) is 0 Å². The maximum absolute atomic E-state index is 11.4. The third-order valence-corrected chi connectivity index (χ3v) is 4.04. The van der Waals surface area contributed by atoms with E-state index in [2.05, 4.69) is 4.74 Å². The number of rotatable bonds is 3. The van der Waals surface area contributed by atoms with Gasteiger partial charge < -0.3 is 9.47 Å².